The van der Waals surface area contributed by atoms with Crippen LogP contribution >= 0.6 is 0 Å². The summed E-state index contributed by atoms with van der Waals surface area (Å²) < 4.78 is 22.2. The zero-order valence-corrected chi connectivity index (χ0v) is 14.0. The molecule has 0 radical (unpaired) electrons. The van der Waals surface area contributed by atoms with Crippen molar-refractivity contribution in [3.8, 4) is 34.1 Å². The molecule has 0 aliphatic rings. The largest absolute Gasteiger partial charge is 0.493 e. The van der Waals surface area contributed by atoms with Gasteiger partial charge in [-0.25, -0.2) is 0 Å². The van der Waals surface area contributed by atoms with Gasteiger partial charge in [-0.05, 0) is 19.1 Å². The molecule has 0 heterocycles. The predicted molar refractivity (Wildman–Crippen MR) is 92.8 cm³/mol. The van der Waals surface area contributed by atoms with Gasteiger partial charge in [-0.2, -0.15) is 0 Å². The van der Waals surface area contributed by atoms with E-state index >= 15 is 0 Å². The third-order valence-corrected chi connectivity index (χ3v) is 3.55. The van der Waals surface area contributed by atoms with Crippen molar-refractivity contribution in [3.05, 3.63) is 42.5 Å². The summed E-state index contributed by atoms with van der Waals surface area (Å²) in [5.41, 5.74) is 2.72. The molecule has 23 heavy (non-hydrogen) atoms. The molecule has 0 unspecified atom stereocenters. The average Bonchev–Trinajstić information content (AvgIpc) is 2.60. The van der Waals surface area contributed by atoms with E-state index in [1.54, 1.807) is 27.4 Å². The van der Waals surface area contributed by atoms with Gasteiger partial charge in [-0.1, -0.05) is 30.9 Å². The van der Waals surface area contributed by atoms with Gasteiger partial charge in [-0.3, -0.25) is 0 Å². The van der Waals surface area contributed by atoms with Gasteiger partial charge in [0.2, 0.25) is 5.75 Å². The molecule has 0 amide bonds. The van der Waals surface area contributed by atoms with Gasteiger partial charge in [0.1, 0.15) is 5.75 Å². The van der Waals surface area contributed by atoms with Crippen LogP contribution in [0.15, 0.2) is 36.9 Å². The molecule has 0 spiro atoms. The molecule has 0 fully saturated rings. The van der Waals surface area contributed by atoms with E-state index in [0.717, 1.165) is 22.4 Å². The van der Waals surface area contributed by atoms with E-state index in [0.29, 0.717) is 23.9 Å². The number of hydrogen-bond acceptors (Lipinski definition) is 4. The number of hydrogen-bond donors (Lipinski definition) is 0. The zero-order chi connectivity index (χ0) is 16.8. The smallest absolute Gasteiger partial charge is 0.203 e. The second kappa shape index (κ2) is 7.58. The van der Waals surface area contributed by atoms with E-state index in [1.165, 1.54) is 0 Å². The van der Waals surface area contributed by atoms with Crippen LogP contribution in [0.4, 0.5) is 0 Å². The average molecular weight is 314 g/mol. The number of para-hydroxylation sites is 1. The maximum atomic E-state index is 5.84. The third kappa shape index (κ3) is 3.11. The van der Waals surface area contributed by atoms with E-state index in [1.807, 2.05) is 37.3 Å². The molecule has 122 valence electrons. The summed E-state index contributed by atoms with van der Waals surface area (Å²) in [6, 6.07) is 9.71. The molecular weight excluding hydrogens is 292 g/mol. The van der Waals surface area contributed by atoms with Gasteiger partial charge in [0.05, 0.1) is 27.9 Å². The lowest BCUT2D eigenvalue weighted by Gasteiger charge is -2.18. The summed E-state index contributed by atoms with van der Waals surface area (Å²) in [6.45, 7) is 6.37. The fraction of sp³-hybridized carbons (Fsp3) is 0.263. The van der Waals surface area contributed by atoms with Crippen molar-refractivity contribution < 1.29 is 18.9 Å². The molecule has 4 nitrogen and oxygen atoms in total. The maximum Gasteiger partial charge on any atom is 0.203 e. The van der Waals surface area contributed by atoms with E-state index in [9.17, 15) is 0 Å². The Kier molecular flexibility index (Phi) is 5.52. The van der Waals surface area contributed by atoms with Gasteiger partial charge in [0.25, 0.3) is 0 Å². The summed E-state index contributed by atoms with van der Waals surface area (Å²) >= 11 is 0. The first-order chi connectivity index (χ1) is 11.2. The number of rotatable bonds is 7. The normalized spacial score (nSPS) is 10.1. The second-order valence-corrected chi connectivity index (χ2v) is 4.74. The van der Waals surface area contributed by atoms with Crippen LogP contribution in [0.5, 0.6) is 23.0 Å². The minimum atomic E-state index is 0.555. The zero-order valence-electron chi connectivity index (χ0n) is 14.0. The monoisotopic (exact) mass is 314 g/mol. The van der Waals surface area contributed by atoms with Crippen molar-refractivity contribution in [2.45, 2.75) is 6.92 Å². The Bertz CT molecular complexity index is 692. The van der Waals surface area contributed by atoms with Crippen LogP contribution < -0.4 is 18.9 Å². The minimum Gasteiger partial charge on any atom is -0.493 e. The lowest BCUT2D eigenvalue weighted by molar-refractivity contribution is 0.324. The highest BCUT2D eigenvalue weighted by Gasteiger charge is 2.20. The molecule has 2 aromatic rings. The summed E-state index contributed by atoms with van der Waals surface area (Å²) in [6.07, 6.45) is 1.78. The molecule has 0 saturated carbocycles. The maximum absolute atomic E-state index is 5.84. The van der Waals surface area contributed by atoms with Gasteiger partial charge >= 0.3 is 0 Å². The SMILES string of the molecule is C=Cc1cccc(-c2ccc(OC)c(OC)c2OC)c1OCC. The lowest BCUT2D eigenvalue weighted by atomic mass is 9.99. The Labute approximate surface area is 137 Å². The summed E-state index contributed by atoms with van der Waals surface area (Å²) in [5, 5.41) is 0. The molecule has 0 atom stereocenters. The highest BCUT2D eigenvalue weighted by atomic mass is 16.5. The van der Waals surface area contributed by atoms with Gasteiger partial charge in [-0.15, -0.1) is 0 Å². The summed E-state index contributed by atoms with van der Waals surface area (Å²) in [7, 11) is 4.80. The Morgan fingerprint density at radius 2 is 1.57 bits per heavy atom. The molecule has 4 heteroatoms. The lowest BCUT2D eigenvalue weighted by Crippen LogP contribution is -2.00. The van der Waals surface area contributed by atoms with Gasteiger partial charge < -0.3 is 18.9 Å². The Morgan fingerprint density at radius 1 is 0.870 bits per heavy atom. The summed E-state index contributed by atoms with van der Waals surface area (Å²) in [4.78, 5) is 0. The van der Waals surface area contributed by atoms with E-state index in [-0.39, 0.29) is 0 Å². The van der Waals surface area contributed by atoms with Crippen LogP contribution in [0.1, 0.15) is 12.5 Å². The molecular formula is C19H22O4. The van der Waals surface area contributed by atoms with E-state index in [4.69, 9.17) is 18.9 Å². The first-order valence-electron chi connectivity index (χ1n) is 7.39. The molecule has 0 aliphatic carbocycles. The molecule has 0 aliphatic heterocycles. The Hall–Kier alpha value is -2.62. The van der Waals surface area contributed by atoms with Crippen LogP contribution in [-0.4, -0.2) is 27.9 Å². The second-order valence-electron chi connectivity index (χ2n) is 4.74. The Morgan fingerprint density at radius 3 is 2.13 bits per heavy atom. The van der Waals surface area contributed by atoms with E-state index < -0.39 is 0 Å². The minimum absolute atomic E-state index is 0.555. The van der Waals surface area contributed by atoms with Crippen LogP contribution in [0.2, 0.25) is 0 Å². The van der Waals surface area contributed by atoms with Gasteiger partial charge in [0.15, 0.2) is 11.5 Å². The standard InChI is InChI=1S/C19H22O4/c1-6-13-9-8-10-14(17(13)23-7-2)15-11-12-16(20-3)19(22-5)18(15)21-4/h6,8-12H,1,7H2,2-5H3. The molecule has 2 rings (SSSR count). The topological polar surface area (TPSA) is 36.9 Å². The van der Waals surface area contributed by atoms with Crippen molar-refractivity contribution in [1.29, 1.82) is 0 Å². The van der Waals surface area contributed by atoms with Crippen LogP contribution in [0.25, 0.3) is 17.2 Å². The first kappa shape index (κ1) is 16.7. The Balaban J connectivity index is 2.74. The van der Waals surface area contributed by atoms with Gasteiger partial charge in [0, 0.05) is 16.7 Å². The van der Waals surface area contributed by atoms with Crippen molar-refractivity contribution in [2.75, 3.05) is 27.9 Å². The predicted octanol–water partition coefficient (Wildman–Crippen LogP) is 4.42. The molecule has 0 saturated heterocycles. The number of ether oxygens (including phenoxy) is 4. The van der Waals surface area contributed by atoms with Crippen molar-refractivity contribution in [3.63, 3.8) is 0 Å². The fourth-order valence-corrected chi connectivity index (χ4v) is 2.55. The van der Waals surface area contributed by atoms with Crippen molar-refractivity contribution >= 4 is 6.08 Å². The number of benzene rings is 2. The third-order valence-electron chi connectivity index (χ3n) is 3.55. The fourth-order valence-electron chi connectivity index (χ4n) is 2.55. The van der Waals surface area contributed by atoms with Crippen molar-refractivity contribution in [1.82, 2.24) is 0 Å². The molecule has 0 bridgehead atoms. The molecule has 0 aromatic heterocycles. The summed E-state index contributed by atoms with van der Waals surface area (Å²) in [5.74, 6) is 2.55. The molecule has 2 aromatic carbocycles. The van der Waals surface area contributed by atoms with E-state index in [2.05, 4.69) is 6.58 Å². The highest BCUT2D eigenvalue weighted by molar-refractivity contribution is 5.83. The van der Waals surface area contributed by atoms with Crippen molar-refractivity contribution in [2.24, 2.45) is 0 Å². The molecule has 0 N–H and O–H groups in total. The van der Waals surface area contributed by atoms with Crippen LogP contribution in [-0.2, 0) is 0 Å². The highest BCUT2D eigenvalue weighted by Crippen LogP contribution is 2.47. The first-order valence-corrected chi connectivity index (χ1v) is 7.39. The van der Waals surface area contributed by atoms with Crippen LogP contribution in [0.3, 0.4) is 0 Å². The number of methoxy groups -OCH3 is 3. The van der Waals surface area contributed by atoms with Crippen LogP contribution in [0, 0.1) is 0 Å². The quantitative estimate of drug-likeness (QED) is 0.758.